The zero-order chi connectivity index (χ0) is 21.5. The van der Waals surface area contributed by atoms with Gasteiger partial charge in [-0.15, -0.1) is 11.3 Å². The average molecular weight is 430 g/mol. The molecule has 3 rings (SSSR count). The number of nitrogens with zero attached hydrogens (tertiary/aromatic N) is 3. The Hall–Kier alpha value is -2.64. The van der Waals surface area contributed by atoms with Crippen LogP contribution in [0, 0.1) is 11.6 Å². The van der Waals surface area contributed by atoms with E-state index >= 15 is 0 Å². The Bertz CT molecular complexity index is 971. The van der Waals surface area contributed by atoms with Gasteiger partial charge in [0.05, 0.1) is 6.54 Å². The van der Waals surface area contributed by atoms with Crippen LogP contribution in [-0.4, -0.2) is 33.8 Å². The maximum atomic E-state index is 14.2. The predicted octanol–water partition coefficient (Wildman–Crippen LogP) is 5.11. The van der Waals surface area contributed by atoms with Gasteiger partial charge in [0.2, 0.25) is 0 Å². The Morgan fingerprint density at radius 3 is 2.33 bits per heavy atom. The van der Waals surface area contributed by atoms with E-state index in [1.54, 1.807) is 40.6 Å². The highest BCUT2D eigenvalue weighted by molar-refractivity contribution is 7.09. The standard InChI is InChI=1S/C23H25F2N3OS/c1-3-28(4-2)23(29)21-16-30-22(26-21)15-27(13-17-9-11-19(24)12-10-17)14-18-7-5-6-8-20(18)25/h5-12,16H,3-4,13-15H2,1-2H3. The van der Waals surface area contributed by atoms with E-state index < -0.39 is 0 Å². The Balaban J connectivity index is 1.79. The van der Waals surface area contributed by atoms with Gasteiger partial charge in [0, 0.05) is 37.1 Å². The number of carbonyl (C=O) groups excluding carboxylic acids is 1. The minimum atomic E-state index is -0.293. The summed E-state index contributed by atoms with van der Waals surface area (Å²) in [5.74, 6) is -0.640. The lowest BCUT2D eigenvalue weighted by molar-refractivity contribution is 0.0767. The van der Waals surface area contributed by atoms with Gasteiger partial charge in [-0.2, -0.15) is 0 Å². The van der Waals surface area contributed by atoms with Gasteiger partial charge in [-0.25, -0.2) is 13.8 Å². The van der Waals surface area contributed by atoms with Crippen LogP contribution in [0.3, 0.4) is 0 Å². The SMILES string of the molecule is CCN(CC)C(=O)c1csc(CN(Cc2ccc(F)cc2)Cc2ccccc2F)n1. The van der Waals surface area contributed by atoms with E-state index in [0.29, 0.717) is 44.0 Å². The molecule has 0 unspecified atom stereocenters. The van der Waals surface area contributed by atoms with Gasteiger partial charge in [-0.05, 0) is 37.6 Å². The number of hydrogen-bond donors (Lipinski definition) is 0. The maximum Gasteiger partial charge on any atom is 0.273 e. The molecular formula is C23H25F2N3OS. The number of amides is 1. The first-order valence-electron chi connectivity index (χ1n) is 9.94. The highest BCUT2D eigenvalue weighted by atomic mass is 32.1. The molecule has 0 saturated heterocycles. The molecule has 0 bridgehead atoms. The summed E-state index contributed by atoms with van der Waals surface area (Å²) in [6.45, 7) is 6.48. The van der Waals surface area contributed by atoms with E-state index in [9.17, 15) is 13.6 Å². The fraction of sp³-hybridized carbons (Fsp3) is 0.304. The summed E-state index contributed by atoms with van der Waals surface area (Å²) in [4.78, 5) is 20.8. The third kappa shape index (κ3) is 5.70. The maximum absolute atomic E-state index is 14.2. The van der Waals surface area contributed by atoms with Crippen molar-refractivity contribution in [3.05, 3.63) is 87.4 Å². The second kappa shape index (κ2) is 10.4. The molecule has 1 heterocycles. The Morgan fingerprint density at radius 2 is 1.67 bits per heavy atom. The Labute approximate surface area is 179 Å². The summed E-state index contributed by atoms with van der Waals surface area (Å²) in [6.07, 6.45) is 0. The van der Waals surface area contributed by atoms with Crippen molar-refractivity contribution < 1.29 is 13.6 Å². The molecule has 0 aliphatic carbocycles. The van der Waals surface area contributed by atoms with Crippen molar-refractivity contribution in [2.45, 2.75) is 33.5 Å². The van der Waals surface area contributed by atoms with Crippen LogP contribution in [0.4, 0.5) is 8.78 Å². The lowest BCUT2D eigenvalue weighted by atomic mass is 10.1. The van der Waals surface area contributed by atoms with E-state index in [2.05, 4.69) is 4.98 Å². The number of halogens is 2. The monoisotopic (exact) mass is 429 g/mol. The summed E-state index contributed by atoms with van der Waals surface area (Å²) in [5, 5.41) is 2.55. The predicted molar refractivity (Wildman–Crippen MR) is 115 cm³/mol. The van der Waals surface area contributed by atoms with Crippen LogP contribution in [0.2, 0.25) is 0 Å². The summed E-state index contributed by atoms with van der Waals surface area (Å²) >= 11 is 1.42. The van der Waals surface area contributed by atoms with Crippen molar-refractivity contribution in [3.8, 4) is 0 Å². The van der Waals surface area contributed by atoms with Crippen molar-refractivity contribution in [1.82, 2.24) is 14.8 Å². The number of hydrogen-bond acceptors (Lipinski definition) is 4. The molecule has 2 aromatic carbocycles. The third-order valence-corrected chi connectivity index (χ3v) is 5.69. The highest BCUT2D eigenvalue weighted by Gasteiger charge is 2.18. The molecule has 4 nitrogen and oxygen atoms in total. The van der Waals surface area contributed by atoms with Crippen molar-refractivity contribution >= 4 is 17.2 Å². The summed E-state index contributed by atoms with van der Waals surface area (Å²) < 4.78 is 27.5. The van der Waals surface area contributed by atoms with Gasteiger partial charge >= 0.3 is 0 Å². The van der Waals surface area contributed by atoms with Gasteiger partial charge in [0.1, 0.15) is 22.3 Å². The molecule has 30 heavy (non-hydrogen) atoms. The fourth-order valence-electron chi connectivity index (χ4n) is 3.23. The summed E-state index contributed by atoms with van der Waals surface area (Å²) in [5.41, 5.74) is 1.94. The van der Waals surface area contributed by atoms with E-state index in [0.717, 1.165) is 10.6 Å². The molecule has 0 saturated carbocycles. The van der Waals surface area contributed by atoms with Crippen LogP contribution in [0.5, 0.6) is 0 Å². The second-order valence-corrected chi connectivity index (χ2v) is 7.91. The first kappa shape index (κ1) is 22.1. The topological polar surface area (TPSA) is 36.4 Å². The van der Waals surface area contributed by atoms with Gasteiger partial charge < -0.3 is 4.90 Å². The Kier molecular flexibility index (Phi) is 7.65. The molecule has 1 amide bonds. The van der Waals surface area contributed by atoms with E-state index in [4.69, 9.17) is 0 Å². The van der Waals surface area contributed by atoms with E-state index in [1.165, 1.54) is 29.5 Å². The van der Waals surface area contributed by atoms with Crippen molar-refractivity contribution in [2.24, 2.45) is 0 Å². The normalized spacial score (nSPS) is 11.1. The average Bonchev–Trinajstić information content (AvgIpc) is 3.20. The quantitative estimate of drug-likeness (QED) is 0.475. The fourth-order valence-corrected chi connectivity index (χ4v) is 4.04. The summed E-state index contributed by atoms with van der Waals surface area (Å²) in [7, 11) is 0. The number of thiazole rings is 1. The minimum absolute atomic E-state index is 0.0818. The third-order valence-electron chi connectivity index (χ3n) is 4.85. The molecule has 0 fully saturated rings. The van der Waals surface area contributed by atoms with Gasteiger partial charge in [0.15, 0.2) is 0 Å². The summed E-state index contributed by atoms with van der Waals surface area (Å²) in [6, 6.07) is 12.9. The molecule has 0 radical (unpaired) electrons. The van der Waals surface area contributed by atoms with Crippen LogP contribution in [0.1, 0.15) is 40.5 Å². The lowest BCUT2D eigenvalue weighted by Crippen LogP contribution is -2.30. The minimum Gasteiger partial charge on any atom is -0.338 e. The van der Waals surface area contributed by atoms with E-state index in [1.807, 2.05) is 18.7 Å². The second-order valence-electron chi connectivity index (χ2n) is 6.97. The van der Waals surface area contributed by atoms with Crippen molar-refractivity contribution in [1.29, 1.82) is 0 Å². The van der Waals surface area contributed by atoms with Crippen LogP contribution in [0.15, 0.2) is 53.9 Å². The number of aromatic nitrogens is 1. The molecule has 0 atom stereocenters. The van der Waals surface area contributed by atoms with E-state index in [-0.39, 0.29) is 17.5 Å². The molecule has 0 N–H and O–H groups in total. The van der Waals surface area contributed by atoms with Crippen LogP contribution < -0.4 is 0 Å². The first-order chi connectivity index (χ1) is 14.5. The molecule has 3 aromatic rings. The van der Waals surface area contributed by atoms with Crippen molar-refractivity contribution in [2.75, 3.05) is 13.1 Å². The first-order valence-corrected chi connectivity index (χ1v) is 10.8. The lowest BCUT2D eigenvalue weighted by Gasteiger charge is -2.22. The molecular weight excluding hydrogens is 404 g/mol. The van der Waals surface area contributed by atoms with Gasteiger partial charge in [-0.1, -0.05) is 30.3 Å². The molecule has 7 heteroatoms. The zero-order valence-corrected chi connectivity index (χ0v) is 18.0. The number of carbonyl (C=O) groups is 1. The molecule has 0 aliphatic heterocycles. The smallest absolute Gasteiger partial charge is 0.273 e. The van der Waals surface area contributed by atoms with Crippen LogP contribution in [0.25, 0.3) is 0 Å². The number of rotatable bonds is 9. The molecule has 0 aliphatic rings. The molecule has 1 aromatic heterocycles. The van der Waals surface area contributed by atoms with Crippen LogP contribution >= 0.6 is 11.3 Å². The molecule has 0 spiro atoms. The zero-order valence-electron chi connectivity index (χ0n) is 17.1. The highest BCUT2D eigenvalue weighted by Crippen LogP contribution is 2.19. The largest absolute Gasteiger partial charge is 0.338 e. The Morgan fingerprint density at radius 1 is 0.967 bits per heavy atom. The van der Waals surface area contributed by atoms with Crippen LogP contribution in [-0.2, 0) is 19.6 Å². The van der Waals surface area contributed by atoms with Gasteiger partial charge in [0.25, 0.3) is 5.91 Å². The van der Waals surface area contributed by atoms with Crippen molar-refractivity contribution in [3.63, 3.8) is 0 Å². The number of benzene rings is 2. The molecule has 158 valence electrons. The van der Waals surface area contributed by atoms with Gasteiger partial charge in [-0.3, -0.25) is 9.69 Å².